The Bertz CT molecular complexity index is 605. The molecule has 2 rings (SSSR count). The fourth-order valence-corrected chi connectivity index (χ4v) is 3.24. The van der Waals surface area contributed by atoms with Crippen molar-refractivity contribution in [2.24, 2.45) is 0 Å². The second-order valence-corrected chi connectivity index (χ2v) is 6.33. The number of methoxy groups -OCH3 is 2. The zero-order chi connectivity index (χ0) is 15.4. The molecule has 0 aliphatic carbocycles. The highest BCUT2D eigenvalue weighted by atomic mass is 79.9. The van der Waals surface area contributed by atoms with E-state index < -0.39 is 0 Å². The van der Waals surface area contributed by atoms with Crippen molar-refractivity contribution < 1.29 is 9.47 Å². The highest BCUT2D eigenvalue weighted by Crippen LogP contribution is 2.37. The summed E-state index contributed by atoms with van der Waals surface area (Å²) in [7, 11) is 3.33. The minimum absolute atomic E-state index is 0.250. The van der Waals surface area contributed by atoms with E-state index in [1.807, 2.05) is 6.07 Å². The van der Waals surface area contributed by atoms with Crippen LogP contribution >= 0.6 is 15.9 Å². The van der Waals surface area contributed by atoms with E-state index in [2.05, 4.69) is 60.1 Å². The number of halogens is 1. The van der Waals surface area contributed by atoms with Crippen molar-refractivity contribution in [2.75, 3.05) is 14.2 Å². The molecule has 0 saturated heterocycles. The first-order chi connectivity index (χ1) is 10.0. The molecule has 0 bridgehead atoms. The maximum absolute atomic E-state index is 5.40. The first kappa shape index (κ1) is 15.9. The predicted octanol–water partition coefficient (Wildman–Crippen LogP) is 5.00. The van der Waals surface area contributed by atoms with Gasteiger partial charge in [-0.05, 0) is 49.1 Å². The summed E-state index contributed by atoms with van der Waals surface area (Å²) in [5.41, 5.74) is 5.03. The molecular weight excluding hydrogens is 328 g/mol. The van der Waals surface area contributed by atoms with Crippen LogP contribution in [0.2, 0.25) is 0 Å². The van der Waals surface area contributed by atoms with Crippen molar-refractivity contribution in [3.05, 3.63) is 58.7 Å². The second kappa shape index (κ2) is 6.99. The molecule has 0 fully saturated rings. The number of alkyl halides is 1. The molecule has 2 aromatic carbocycles. The molecule has 0 spiro atoms. The van der Waals surface area contributed by atoms with Crippen LogP contribution in [0, 0.1) is 13.8 Å². The van der Waals surface area contributed by atoms with Crippen molar-refractivity contribution in [1.82, 2.24) is 0 Å². The van der Waals surface area contributed by atoms with Crippen LogP contribution in [0.3, 0.4) is 0 Å². The Morgan fingerprint density at radius 2 is 1.52 bits per heavy atom. The minimum atomic E-state index is 0.250. The van der Waals surface area contributed by atoms with Crippen LogP contribution in [0.4, 0.5) is 0 Å². The molecule has 3 heteroatoms. The van der Waals surface area contributed by atoms with E-state index in [4.69, 9.17) is 9.47 Å². The maximum Gasteiger partial charge on any atom is 0.161 e. The smallest absolute Gasteiger partial charge is 0.161 e. The number of rotatable bonds is 5. The molecule has 0 aromatic heterocycles. The van der Waals surface area contributed by atoms with Gasteiger partial charge >= 0.3 is 0 Å². The fraction of sp³-hybridized carbons (Fsp3) is 0.333. The molecule has 0 heterocycles. The first-order valence-electron chi connectivity index (χ1n) is 6.97. The predicted molar refractivity (Wildman–Crippen MR) is 90.8 cm³/mol. The van der Waals surface area contributed by atoms with E-state index in [0.29, 0.717) is 0 Å². The van der Waals surface area contributed by atoms with Gasteiger partial charge in [0.2, 0.25) is 0 Å². The van der Waals surface area contributed by atoms with Crippen LogP contribution in [-0.2, 0) is 6.42 Å². The number of hydrogen-bond donors (Lipinski definition) is 0. The summed E-state index contributed by atoms with van der Waals surface area (Å²) in [5.74, 6) is 1.54. The van der Waals surface area contributed by atoms with Crippen LogP contribution in [0.25, 0.3) is 0 Å². The summed E-state index contributed by atoms with van der Waals surface area (Å²) < 4.78 is 10.7. The molecule has 0 aliphatic rings. The molecule has 0 aliphatic heterocycles. The molecule has 0 saturated carbocycles. The largest absolute Gasteiger partial charge is 0.493 e. The summed E-state index contributed by atoms with van der Waals surface area (Å²) in [5, 5.41) is 0. The van der Waals surface area contributed by atoms with E-state index in [9.17, 15) is 0 Å². The molecule has 112 valence electrons. The van der Waals surface area contributed by atoms with Crippen molar-refractivity contribution in [3.8, 4) is 11.5 Å². The molecule has 0 N–H and O–H groups in total. The van der Waals surface area contributed by atoms with E-state index in [0.717, 1.165) is 17.9 Å². The van der Waals surface area contributed by atoms with Crippen LogP contribution < -0.4 is 9.47 Å². The monoisotopic (exact) mass is 348 g/mol. The molecular formula is C18H21BrO2. The summed E-state index contributed by atoms with van der Waals surface area (Å²) in [6.45, 7) is 4.20. The molecule has 1 atom stereocenters. The number of benzene rings is 2. The Balaban J connectivity index is 2.26. The number of aryl methyl sites for hydroxylation is 2. The van der Waals surface area contributed by atoms with E-state index in [-0.39, 0.29) is 4.83 Å². The molecule has 1 unspecified atom stereocenters. The molecule has 0 radical (unpaired) electrons. The topological polar surface area (TPSA) is 18.5 Å². The van der Waals surface area contributed by atoms with Gasteiger partial charge in [0.05, 0.1) is 14.2 Å². The lowest BCUT2D eigenvalue weighted by Gasteiger charge is -2.17. The Hall–Kier alpha value is -1.48. The molecule has 0 amide bonds. The quantitative estimate of drug-likeness (QED) is 0.708. The Morgan fingerprint density at radius 3 is 2.10 bits per heavy atom. The SMILES string of the molecule is COc1cc(C)c(C(Br)Cc2ccc(C)cc2)cc1OC. The average molecular weight is 349 g/mol. The number of hydrogen-bond acceptors (Lipinski definition) is 2. The Kier molecular flexibility index (Phi) is 5.29. The van der Waals surface area contributed by atoms with E-state index >= 15 is 0 Å². The highest BCUT2D eigenvalue weighted by molar-refractivity contribution is 9.09. The van der Waals surface area contributed by atoms with Crippen molar-refractivity contribution >= 4 is 15.9 Å². The summed E-state index contributed by atoms with van der Waals surface area (Å²) >= 11 is 3.81. The minimum Gasteiger partial charge on any atom is -0.493 e. The van der Waals surface area contributed by atoms with Gasteiger partial charge in [-0.3, -0.25) is 0 Å². The van der Waals surface area contributed by atoms with Crippen LogP contribution in [0.15, 0.2) is 36.4 Å². The third-order valence-corrected chi connectivity index (χ3v) is 4.46. The van der Waals surface area contributed by atoms with Gasteiger partial charge in [0.15, 0.2) is 11.5 Å². The summed E-state index contributed by atoms with van der Waals surface area (Å²) in [6.07, 6.45) is 0.941. The first-order valence-corrected chi connectivity index (χ1v) is 7.89. The van der Waals surface area contributed by atoms with Crippen molar-refractivity contribution in [2.45, 2.75) is 25.1 Å². The van der Waals surface area contributed by atoms with Crippen LogP contribution in [0.5, 0.6) is 11.5 Å². The Labute approximate surface area is 135 Å². The third-order valence-electron chi connectivity index (χ3n) is 3.65. The fourth-order valence-electron chi connectivity index (χ4n) is 2.37. The van der Waals surface area contributed by atoms with Crippen LogP contribution in [-0.4, -0.2) is 14.2 Å². The van der Waals surface area contributed by atoms with Gasteiger partial charge in [-0.15, -0.1) is 0 Å². The summed E-state index contributed by atoms with van der Waals surface area (Å²) in [4.78, 5) is 0.250. The maximum atomic E-state index is 5.40. The van der Waals surface area contributed by atoms with Crippen molar-refractivity contribution in [3.63, 3.8) is 0 Å². The van der Waals surface area contributed by atoms with Gasteiger partial charge < -0.3 is 9.47 Å². The standard InChI is InChI=1S/C18H21BrO2/c1-12-5-7-14(8-6-12)10-16(19)15-11-18(21-4)17(20-3)9-13(15)2/h5-9,11,16H,10H2,1-4H3. The van der Waals surface area contributed by atoms with Gasteiger partial charge in [0, 0.05) is 4.83 Å². The molecule has 2 nitrogen and oxygen atoms in total. The van der Waals surface area contributed by atoms with Crippen molar-refractivity contribution in [1.29, 1.82) is 0 Å². The van der Waals surface area contributed by atoms with Gasteiger partial charge in [-0.2, -0.15) is 0 Å². The molecule has 2 aromatic rings. The van der Waals surface area contributed by atoms with E-state index in [1.54, 1.807) is 14.2 Å². The average Bonchev–Trinajstić information content (AvgIpc) is 2.49. The zero-order valence-electron chi connectivity index (χ0n) is 12.9. The van der Waals surface area contributed by atoms with Gasteiger partial charge in [-0.25, -0.2) is 0 Å². The Morgan fingerprint density at radius 1 is 0.952 bits per heavy atom. The van der Waals surface area contributed by atoms with E-state index in [1.165, 1.54) is 22.3 Å². The normalized spacial score (nSPS) is 12.0. The van der Waals surface area contributed by atoms with Gasteiger partial charge in [-0.1, -0.05) is 45.8 Å². The lowest BCUT2D eigenvalue weighted by Crippen LogP contribution is -2.01. The second-order valence-electron chi connectivity index (χ2n) is 5.22. The number of ether oxygens (including phenoxy) is 2. The molecule has 21 heavy (non-hydrogen) atoms. The lowest BCUT2D eigenvalue weighted by molar-refractivity contribution is 0.354. The van der Waals surface area contributed by atoms with Crippen LogP contribution in [0.1, 0.15) is 27.1 Å². The van der Waals surface area contributed by atoms with Gasteiger partial charge in [0.1, 0.15) is 0 Å². The zero-order valence-corrected chi connectivity index (χ0v) is 14.5. The third kappa shape index (κ3) is 3.79. The highest BCUT2D eigenvalue weighted by Gasteiger charge is 2.15. The summed E-state index contributed by atoms with van der Waals surface area (Å²) in [6, 6.07) is 12.7. The van der Waals surface area contributed by atoms with Gasteiger partial charge in [0.25, 0.3) is 0 Å². The lowest BCUT2D eigenvalue weighted by atomic mass is 9.99.